The predicted octanol–water partition coefficient (Wildman–Crippen LogP) is 3.54. The minimum Gasteiger partial charge on any atom is -0.475 e. The summed E-state index contributed by atoms with van der Waals surface area (Å²) >= 11 is 0. The van der Waals surface area contributed by atoms with E-state index in [1.54, 1.807) is 0 Å². The van der Waals surface area contributed by atoms with E-state index in [0.29, 0.717) is 16.6 Å². The predicted molar refractivity (Wildman–Crippen MR) is 65.8 cm³/mol. The fourth-order valence-corrected chi connectivity index (χ4v) is 1.95. The number of rotatable bonds is 2. The number of nitrogens with one attached hydrogen (secondary N) is 1. The first-order chi connectivity index (χ1) is 9.84. The maximum Gasteiger partial charge on any atom is 0.416 e. The van der Waals surface area contributed by atoms with Crippen molar-refractivity contribution in [3.05, 3.63) is 41.7 Å². The number of hydrogen-bond acceptors (Lipinski definition) is 3. The quantitative estimate of drug-likeness (QED) is 0.758. The van der Waals surface area contributed by atoms with E-state index in [1.165, 1.54) is 18.2 Å². The molecule has 3 aromatic rings. The Balaban J connectivity index is 2.06. The molecule has 0 spiro atoms. The molecule has 0 radical (unpaired) electrons. The zero-order valence-corrected chi connectivity index (χ0v) is 10.2. The Hall–Kier alpha value is -2.77. The van der Waals surface area contributed by atoms with Crippen LogP contribution < -0.4 is 0 Å². The molecule has 0 aliphatic heterocycles. The van der Waals surface area contributed by atoms with Gasteiger partial charge >= 0.3 is 12.1 Å². The van der Waals surface area contributed by atoms with E-state index in [0.717, 1.165) is 12.1 Å². The number of carbonyl (C=O) groups is 1. The van der Waals surface area contributed by atoms with Crippen molar-refractivity contribution in [1.82, 2.24) is 10.1 Å². The molecule has 0 aliphatic rings. The molecule has 0 saturated heterocycles. The van der Waals surface area contributed by atoms with E-state index in [-0.39, 0.29) is 11.5 Å². The van der Waals surface area contributed by atoms with Gasteiger partial charge in [-0.15, -0.1) is 0 Å². The number of aromatic amines is 1. The average molecular weight is 296 g/mol. The van der Waals surface area contributed by atoms with Crippen LogP contribution in [0, 0.1) is 0 Å². The molecule has 3 rings (SSSR count). The van der Waals surface area contributed by atoms with Crippen molar-refractivity contribution >= 4 is 16.9 Å². The van der Waals surface area contributed by atoms with Crippen LogP contribution in [0.25, 0.3) is 22.3 Å². The van der Waals surface area contributed by atoms with Crippen molar-refractivity contribution in [1.29, 1.82) is 0 Å². The van der Waals surface area contributed by atoms with Crippen molar-refractivity contribution in [2.45, 2.75) is 6.18 Å². The summed E-state index contributed by atoms with van der Waals surface area (Å²) < 4.78 is 42.5. The van der Waals surface area contributed by atoms with Gasteiger partial charge in [-0.25, -0.2) is 4.79 Å². The maximum absolute atomic E-state index is 12.6. The number of carboxylic acids is 1. The van der Waals surface area contributed by atoms with Gasteiger partial charge in [-0.2, -0.15) is 13.2 Å². The number of fused-ring (bicyclic) bond motifs is 1. The summed E-state index contributed by atoms with van der Waals surface area (Å²) in [7, 11) is 0. The maximum atomic E-state index is 12.6. The van der Waals surface area contributed by atoms with Crippen LogP contribution in [-0.4, -0.2) is 21.2 Å². The molecular formula is C13H7F3N2O3. The number of hydrogen-bond donors (Lipinski definition) is 2. The molecule has 0 unspecified atom stereocenters. The van der Waals surface area contributed by atoms with Gasteiger partial charge in [0, 0.05) is 17.0 Å². The highest BCUT2D eigenvalue weighted by atomic mass is 19.4. The first-order valence-corrected chi connectivity index (χ1v) is 5.75. The van der Waals surface area contributed by atoms with Gasteiger partial charge in [0.2, 0.25) is 5.76 Å². The van der Waals surface area contributed by atoms with E-state index in [4.69, 9.17) is 5.11 Å². The van der Waals surface area contributed by atoms with E-state index in [1.807, 2.05) is 0 Å². The number of halogens is 3. The van der Waals surface area contributed by atoms with Crippen molar-refractivity contribution in [2.24, 2.45) is 0 Å². The number of alkyl halides is 3. The third-order valence-electron chi connectivity index (χ3n) is 2.94. The fourth-order valence-electron chi connectivity index (χ4n) is 1.95. The molecular weight excluding hydrogens is 289 g/mol. The van der Waals surface area contributed by atoms with Gasteiger partial charge in [0.15, 0.2) is 0 Å². The molecule has 8 heteroatoms. The van der Waals surface area contributed by atoms with Crippen LogP contribution in [0.15, 0.2) is 34.9 Å². The highest BCUT2D eigenvalue weighted by Gasteiger charge is 2.30. The molecule has 2 heterocycles. The summed E-state index contributed by atoms with van der Waals surface area (Å²) in [6.07, 6.45) is -4.42. The van der Waals surface area contributed by atoms with Crippen molar-refractivity contribution in [3.63, 3.8) is 0 Å². The first-order valence-electron chi connectivity index (χ1n) is 5.75. The van der Waals surface area contributed by atoms with Crippen LogP contribution in [0.1, 0.15) is 16.1 Å². The molecule has 2 N–H and O–H groups in total. The van der Waals surface area contributed by atoms with Crippen molar-refractivity contribution in [3.8, 4) is 11.4 Å². The van der Waals surface area contributed by atoms with Gasteiger partial charge in [-0.3, -0.25) is 0 Å². The van der Waals surface area contributed by atoms with Gasteiger partial charge in [-0.05, 0) is 24.3 Å². The highest BCUT2D eigenvalue weighted by molar-refractivity contribution is 5.88. The zero-order valence-electron chi connectivity index (χ0n) is 10.2. The summed E-state index contributed by atoms with van der Waals surface area (Å²) in [6.45, 7) is 0. The Morgan fingerprint density at radius 3 is 2.62 bits per heavy atom. The molecule has 0 amide bonds. The minimum absolute atomic E-state index is 0.206. The number of nitrogens with zero attached hydrogens (tertiary/aromatic N) is 1. The lowest BCUT2D eigenvalue weighted by Crippen LogP contribution is -2.03. The molecule has 21 heavy (non-hydrogen) atoms. The van der Waals surface area contributed by atoms with Gasteiger partial charge in [0.1, 0.15) is 5.69 Å². The van der Waals surface area contributed by atoms with Crippen LogP contribution in [0.5, 0.6) is 0 Å². The number of aromatic carboxylic acids is 1. The van der Waals surface area contributed by atoms with Crippen LogP contribution in [0.3, 0.4) is 0 Å². The molecule has 0 atom stereocenters. The van der Waals surface area contributed by atoms with Gasteiger partial charge < -0.3 is 14.6 Å². The second-order valence-corrected chi connectivity index (χ2v) is 4.36. The molecule has 1 aromatic carbocycles. The van der Waals surface area contributed by atoms with Crippen LogP contribution in [-0.2, 0) is 6.18 Å². The topological polar surface area (TPSA) is 79.1 Å². The lowest BCUT2D eigenvalue weighted by atomic mass is 10.1. The van der Waals surface area contributed by atoms with Crippen LogP contribution in [0.4, 0.5) is 13.2 Å². The first kappa shape index (κ1) is 13.2. The van der Waals surface area contributed by atoms with E-state index in [2.05, 4.69) is 14.7 Å². The van der Waals surface area contributed by atoms with E-state index in [9.17, 15) is 18.0 Å². The Labute approximate surface area is 115 Å². The number of aromatic nitrogens is 2. The van der Waals surface area contributed by atoms with Gasteiger partial charge in [0.05, 0.1) is 11.3 Å². The second kappa shape index (κ2) is 4.37. The van der Waals surface area contributed by atoms with Gasteiger partial charge in [0.25, 0.3) is 0 Å². The Bertz CT molecular complexity index is 833. The Kier molecular flexibility index (Phi) is 2.75. The fraction of sp³-hybridized carbons (Fsp3) is 0.0769. The van der Waals surface area contributed by atoms with E-state index < -0.39 is 17.7 Å². The normalized spacial score (nSPS) is 12.0. The molecule has 0 aliphatic carbocycles. The lowest BCUT2D eigenvalue weighted by molar-refractivity contribution is -0.137. The minimum atomic E-state index is -4.42. The number of H-pyrrole nitrogens is 1. The van der Waals surface area contributed by atoms with Crippen molar-refractivity contribution < 1.29 is 27.6 Å². The monoisotopic (exact) mass is 296 g/mol. The summed E-state index contributed by atoms with van der Waals surface area (Å²) in [5.41, 5.74) is 0.308. The van der Waals surface area contributed by atoms with Crippen molar-refractivity contribution in [2.75, 3.05) is 0 Å². The highest BCUT2D eigenvalue weighted by Crippen LogP contribution is 2.32. The molecule has 0 fully saturated rings. The van der Waals surface area contributed by atoms with Gasteiger partial charge in [-0.1, -0.05) is 5.16 Å². The lowest BCUT2D eigenvalue weighted by Gasteiger charge is -2.05. The second-order valence-electron chi connectivity index (χ2n) is 4.36. The summed E-state index contributed by atoms with van der Waals surface area (Å²) in [5.74, 6) is -1.62. The summed E-state index contributed by atoms with van der Waals surface area (Å²) in [6, 6.07) is 5.92. The molecule has 2 aromatic heterocycles. The number of benzene rings is 1. The summed E-state index contributed by atoms with van der Waals surface area (Å²) in [5, 5.41) is 12.7. The molecule has 0 bridgehead atoms. The third kappa shape index (κ3) is 2.35. The Morgan fingerprint density at radius 2 is 2.00 bits per heavy atom. The average Bonchev–Trinajstić information content (AvgIpc) is 3.03. The molecule has 108 valence electrons. The molecule has 5 nitrogen and oxygen atoms in total. The molecule has 0 saturated carbocycles. The summed E-state index contributed by atoms with van der Waals surface area (Å²) in [4.78, 5) is 13.6. The van der Waals surface area contributed by atoms with Crippen LogP contribution in [0.2, 0.25) is 0 Å². The number of carboxylic acid groups (broad SMARTS) is 1. The third-order valence-corrected chi connectivity index (χ3v) is 2.94. The SMILES string of the molecule is O=C(O)c1cc(-c2cc3cc(C(F)(F)F)ccc3[nH]2)no1. The smallest absolute Gasteiger partial charge is 0.416 e. The van der Waals surface area contributed by atoms with Crippen LogP contribution >= 0.6 is 0 Å². The van der Waals surface area contributed by atoms with E-state index >= 15 is 0 Å². The Morgan fingerprint density at radius 1 is 1.24 bits per heavy atom. The standard InChI is InChI=1S/C13H7F3N2O3/c14-13(15,16)7-1-2-8-6(3-7)4-9(17-8)10-5-11(12(19)20)21-18-10/h1-5,17H,(H,19,20). The zero-order chi connectivity index (χ0) is 15.2. The largest absolute Gasteiger partial charge is 0.475 e.